The summed E-state index contributed by atoms with van der Waals surface area (Å²) in [5, 5.41) is 9.72. The molecule has 4 nitrogen and oxygen atoms in total. The molecule has 1 aromatic rings. The van der Waals surface area contributed by atoms with E-state index in [1.165, 1.54) is 0 Å². The second-order valence-electron chi connectivity index (χ2n) is 3.43. The molecule has 0 amide bonds. The zero-order valence-corrected chi connectivity index (χ0v) is 9.77. The van der Waals surface area contributed by atoms with E-state index in [0.29, 0.717) is 5.56 Å². The number of carbonyl (C=O) groups excluding carboxylic acids is 2. The molecule has 0 unspecified atom stereocenters. The van der Waals surface area contributed by atoms with Gasteiger partial charge in [0, 0.05) is 11.6 Å². The van der Waals surface area contributed by atoms with Gasteiger partial charge in [0.2, 0.25) is 0 Å². The number of aliphatic hydroxyl groups is 1. The van der Waals surface area contributed by atoms with E-state index in [4.69, 9.17) is 0 Å². The number of aryl methyl sites for hydroxylation is 1. The van der Waals surface area contributed by atoms with Crippen molar-refractivity contribution in [3.63, 3.8) is 0 Å². The molecule has 17 heavy (non-hydrogen) atoms. The highest BCUT2D eigenvalue weighted by Gasteiger charge is 2.14. The summed E-state index contributed by atoms with van der Waals surface area (Å²) in [6.07, 6.45) is 0.875. The monoisotopic (exact) mass is 234 g/mol. The van der Waals surface area contributed by atoms with Gasteiger partial charge in [0.15, 0.2) is 0 Å². The number of ether oxygens (including phenoxy) is 1. The van der Waals surface area contributed by atoms with Gasteiger partial charge in [-0.2, -0.15) is 0 Å². The van der Waals surface area contributed by atoms with Crippen LogP contribution in [0.4, 0.5) is 0 Å². The average molecular weight is 234 g/mol. The van der Waals surface area contributed by atoms with Crippen molar-refractivity contribution in [1.82, 2.24) is 0 Å². The fraction of sp³-hybridized carbons (Fsp3) is 0.231. The summed E-state index contributed by atoms with van der Waals surface area (Å²) in [4.78, 5) is 22.4. The molecule has 0 bridgehead atoms. The van der Waals surface area contributed by atoms with Crippen molar-refractivity contribution < 1.29 is 19.4 Å². The lowest BCUT2D eigenvalue weighted by molar-refractivity contribution is -0.151. The van der Waals surface area contributed by atoms with Gasteiger partial charge in [-0.15, -0.1) is 0 Å². The highest BCUT2D eigenvalue weighted by atomic mass is 16.5. The first kappa shape index (κ1) is 13.0. The van der Waals surface area contributed by atoms with E-state index in [9.17, 15) is 14.7 Å². The lowest BCUT2D eigenvalue weighted by Gasteiger charge is -2.03. The molecule has 0 spiro atoms. The molecule has 0 aliphatic rings. The predicted molar refractivity (Wildman–Crippen MR) is 63.4 cm³/mol. The third-order valence-corrected chi connectivity index (χ3v) is 2.17. The van der Waals surface area contributed by atoms with Gasteiger partial charge in [0.25, 0.3) is 5.78 Å². The molecule has 0 aliphatic heterocycles. The maximum atomic E-state index is 11.3. The standard InChI is InChI=1S/C13H14O4/c1-3-17-13(16)12(15)8-11(14)10-7-5-4-6-9(10)2/h4-8,14H,3H2,1-2H3/b11-8-. The van der Waals surface area contributed by atoms with E-state index in [1.807, 2.05) is 6.07 Å². The molecule has 0 saturated carbocycles. The largest absolute Gasteiger partial charge is 0.507 e. The Hall–Kier alpha value is -2.10. The zero-order valence-electron chi connectivity index (χ0n) is 9.77. The minimum absolute atomic E-state index is 0.129. The summed E-state index contributed by atoms with van der Waals surface area (Å²) in [5.41, 5.74) is 1.34. The summed E-state index contributed by atoms with van der Waals surface area (Å²) in [5.74, 6) is -2.07. The number of aliphatic hydroxyl groups excluding tert-OH is 1. The highest BCUT2D eigenvalue weighted by molar-refractivity contribution is 6.39. The van der Waals surface area contributed by atoms with Crippen LogP contribution in [-0.2, 0) is 14.3 Å². The van der Waals surface area contributed by atoms with Crippen molar-refractivity contribution in [3.8, 4) is 0 Å². The molecule has 0 heterocycles. The van der Waals surface area contributed by atoms with Crippen LogP contribution in [0.2, 0.25) is 0 Å². The number of ketones is 1. The predicted octanol–water partition coefficient (Wildman–Crippen LogP) is 2.03. The Morgan fingerprint density at radius 1 is 1.35 bits per heavy atom. The Bertz CT molecular complexity index is 460. The van der Waals surface area contributed by atoms with Crippen molar-refractivity contribution in [3.05, 3.63) is 41.5 Å². The van der Waals surface area contributed by atoms with Crippen LogP contribution in [0.3, 0.4) is 0 Å². The van der Waals surface area contributed by atoms with Crippen molar-refractivity contribution in [2.75, 3.05) is 6.61 Å². The number of rotatable bonds is 4. The van der Waals surface area contributed by atoms with E-state index < -0.39 is 11.8 Å². The third kappa shape index (κ3) is 3.45. The van der Waals surface area contributed by atoms with Crippen LogP contribution < -0.4 is 0 Å². The van der Waals surface area contributed by atoms with Crippen molar-refractivity contribution in [2.24, 2.45) is 0 Å². The third-order valence-electron chi connectivity index (χ3n) is 2.17. The molecule has 1 N–H and O–H groups in total. The smallest absolute Gasteiger partial charge is 0.379 e. The number of hydrogen-bond acceptors (Lipinski definition) is 4. The van der Waals surface area contributed by atoms with Crippen LogP contribution in [0, 0.1) is 6.92 Å². The first-order valence-corrected chi connectivity index (χ1v) is 5.24. The summed E-state index contributed by atoms with van der Waals surface area (Å²) in [7, 11) is 0. The molecule has 0 fully saturated rings. The van der Waals surface area contributed by atoms with Crippen LogP contribution in [0.1, 0.15) is 18.1 Å². The highest BCUT2D eigenvalue weighted by Crippen LogP contribution is 2.15. The van der Waals surface area contributed by atoms with E-state index in [0.717, 1.165) is 11.6 Å². The maximum Gasteiger partial charge on any atom is 0.379 e. The Labute approximate surface area is 99.5 Å². The second-order valence-corrected chi connectivity index (χ2v) is 3.43. The van der Waals surface area contributed by atoms with E-state index in [-0.39, 0.29) is 12.4 Å². The zero-order chi connectivity index (χ0) is 12.8. The van der Waals surface area contributed by atoms with E-state index >= 15 is 0 Å². The van der Waals surface area contributed by atoms with E-state index in [1.54, 1.807) is 32.0 Å². The lowest BCUT2D eigenvalue weighted by Crippen LogP contribution is -2.15. The van der Waals surface area contributed by atoms with Gasteiger partial charge in [0.1, 0.15) is 5.76 Å². The molecule has 0 saturated heterocycles. The quantitative estimate of drug-likeness (QED) is 0.374. The molecular formula is C13H14O4. The normalized spacial score (nSPS) is 11.1. The topological polar surface area (TPSA) is 63.6 Å². The number of hydrogen-bond donors (Lipinski definition) is 1. The molecule has 0 radical (unpaired) electrons. The van der Waals surface area contributed by atoms with Crippen molar-refractivity contribution >= 4 is 17.5 Å². The Kier molecular flexibility index (Phi) is 4.46. The summed E-state index contributed by atoms with van der Waals surface area (Å²) < 4.78 is 4.53. The summed E-state index contributed by atoms with van der Waals surface area (Å²) in [6, 6.07) is 7.02. The van der Waals surface area contributed by atoms with E-state index in [2.05, 4.69) is 4.74 Å². The van der Waals surface area contributed by atoms with Gasteiger partial charge in [-0.25, -0.2) is 4.79 Å². The first-order chi connectivity index (χ1) is 8.06. The van der Waals surface area contributed by atoms with Gasteiger partial charge >= 0.3 is 5.97 Å². The van der Waals surface area contributed by atoms with Gasteiger partial charge in [-0.3, -0.25) is 4.79 Å². The SMILES string of the molecule is CCOC(=O)C(=O)/C=C(\O)c1ccccc1C. The summed E-state index contributed by atoms with van der Waals surface area (Å²) in [6.45, 7) is 3.54. The number of carbonyl (C=O) groups is 2. The fourth-order valence-electron chi connectivity index (χ4n) is 1.32. The molecule has 0 aromatic heterocycles. The van der Waals surface area contributed by atoms with Gasteiger partial charge in [0.05, 0.1) is 6.61 Å². The second kappa shape index (κ2) is 5.84. The minimum Gasteiger partial charge on any atom is -0.507 e. The maximum absolute atomic E-state index is 11.3. The van der Waals surface area contributed by atoms with Crippen LogP contribution in [-0.4, -0.2) is 23.5 Å². The van der Waals surface area contributed by atoms with Gasteiger partial charge < -0.3 is 9.84 Å². The molecule has 1 aromatic carbocycles. The Morgan fingerprint density at radius 3 is 2.59 bits per heavy atom. The van der Waals surface area contributed by atoms with Crippen molar-refractivity contribution in [2.45, 2.75) is 13.8 Å². The molecular weight excluding hydrogens is 220 g/mol. The first-order valence-electron chi connectivity index (χ1n) is 5.24. The average Bonchev–Trinajstić information content (AvgIpc) is 2.29. The lowest BCUT2D eigenvalue weighted by atomic mass is 10.1. The van der Waals surface area contributed by atoms with Gasteiger partial charge in [-0.05, 0) is 19.4 Å². The van der Waals surface area contributed by atoms with Gasteiger partial charge in [-0.1, -0.05) is 24.3 Å². The van der Waals surface area contributed by atoms with Crippen molar-refractivity contribution in [1.29, 1.82) is 0 Å². The van der Waals surface area contributed by atoms with Crippen LogP contribution >= 0.6 is 0 Å². The van der Waals surface area contributed by atoms with Crippen LogP contribution in [0.5, 0.6) is 0 Å². The molecule has 90 valence electrons. The molecule has 0 aliphatic carbocycles. The number of esters is 1. The molecule has 4 heteroatoms. The van der Waals surface area contributed by atoms with Crippen LogP contribution in [0.15, 0.2) is 30.3 Å². The summed E-state index contributed by atoms with van der Waals surface area (Å²) >= 11 is 0. The Morgan fingerprint density at radius 2 is 2.00 bits per heavy atom. The molecule has 1 rings (SSSR count). The number of benzene rings is 1. The van der Waals surface area contributed by atoms with Crippen LogP contribution in [0.25, 0.3) is 5.76 Å². The fourth-order valence-corrected chi connectivity index (χ4v) is 1.32. The Balaban J connectivity index is 2.90. The molecule has 0 atom stereocenters. The minimum atomic E-state index is -0.965.